The number of aromatic nitrogens is 1. The zero-order valence-electron chi connectivity index (χ0n) is 14.2. The SMILES string of the molecule is COC(=O)c1cc(Cl)ccc1NC(=O)c1c(-c2ccncc2)c2ccc1o2. The lowest BCUT2D eigenvalue weighted by atomic mass is 10.00. The summed E-state index contributed by atoms with van der Waals surface area (Å²) >= 11 is 5.96. The van der Waals surface area contributed by atoms with Crippen LogP contribution in [0.4, 0.5) is 5.69 Å². The summed E-state index contributed by atoms with van der Waals surface area (Å²) in [5.41, 5.74) is 3.42. The third-order valence-corrected chi connectivity index (χ3v) is 4.42. The number of ether oxygens (including phenoxy) is 1. The maximum Gasteiger partial charge on any atom is 0.340 e. The molecule has 0 unspecified atom stereocenters. The van der Waals surface area contributed by atoms with Gasteiger partial charge in [-0.3, -0.25) is 9.78 Å². The number of nitrogens with zero attached hydrogens (tertiary/aromatic N) is 1. The summed E-state index contributed by atoms with van der Waals surface area (Å²) in [6.07, 6.45) is 3.29. The minimum atomic E-state index is -0.595. The van der Waals surface area contributed by atoms with Crippen molar-refractivity contribution < 1.29 is 18.7 Å². The Morgan fingerprint density at radius 3 is 2.56 bits per heavy atom. The van der Waals surface area contributed by atoms with Crippen molar-refractivity contribution in [2.75, 3.05) is 12.4 Å². The Balaban J connectivity index is 1.75. The first-order chi connectivity index (χ1) is 13.1. The quantitative estimate of drug-likeness (QED) is 0.522. The van der Waals surface area contributed by atoms with Crippen LogP contribution in [0.3, 0.4) is 0 Å². The highest BCUT2D eigenvalue weighted by atomic mass is 35.5. The molecule has 4 rings (SSSR count). The third kappa shape index (κ3) is 3.00. The smallest absolute Gasteiger partial charge is 0.340 e. The van der Waals surface area contributed by atoms with Crippen LogP contribution < -0.4 is 5.32 Å². The molecule has 0 saturated heterocycles. The van der Waals surface area contributed by atoms with Gasteiger partial charge in [-0.05, 0) is 48.0 Å². The summed E-state index contributed by atoms with van der Waals surface area (Å²) in [5.74, 6) is -0.995. The molecule has 0 aliphatic rings. The predicted octanol–water partition coefficient (Wildman–Crippen LogP) is 4.62. The first kappa shape index (κ1) is 17.1. The predicted molar refractivity (Wildman–Crippen MR) is 101 cm³/mol. The fourth-order valence-corrected chi connectivity index (χ4v) is 3.14. The molecule has 4 aromatic rings. The lowest BCUT2D eigenvalue weighted by Gasteiger charge is -2.11. The zero-order chi connectivity index (χ0) is 19.0. The summed E-state index contributed by atoms with van der Waals surface area (Å²) in [4.78, 5) is 29.0. The highest BCUT2D eigenvalue weighted by Crippen LogP contribution is 2.37. The van der Waals surface area contributed by atoms with Crippen LogP contribution in [-0.2, 0) is 4.74 Å². The van der Waals surface area contributed by atoms with Crippen LogP contribution in [0, 0.1) is 0 Å². The minimum absolute atomic E-state index is 0.168. The number of carbonyl (C=O) groups is 2. The molecule has 1 aromatic carbocycles. The maximum atomic E-state index is 13.0. The molecule has 6 nitrogen and oxygen atoms in total. The van der Waals surface area contributed by atoms with Crippen molar-refractivity contribution in [2.24, 2.45) is 0 Å². The van der Waals surface area contributed by atoms with E-state index in [1.165, 1.54) is 13.2 Å². The van der Waals surface area contributed by atoms with Crippen LogP contribution >= 0.6 is 11.6 Å². The fourth-order valence-electron chi connectivity index (χ4n) is 2.97. The van der Waals surface area contributed by atoms with Crippen LogP contribution in [0.1, 0.15) is 20.7 Å². The van der Waals surface area contributed by atoms with Gasteiger partial charge in [-0.1, -0.05) is 11.6 Å². The summed E-state index contributed by atoms with van der Waals surface area (Å²) in [6, 6.07) is 11.7. The van der Waals surface area contributed by atoms with Gasteiger partial charge in [0.1, 0.15) is 11.2 Å². The molecule has 7 heteroatoms. The number of amides is 1. The van der Waals surface area contributed by atoms with E-state index >= 15 is 0 Å². The van der Waals surface area contributed by atoms with Crippen LogP contribution in [0.15, 0.2) is 59.3 Å². The van der Waals surface area contributed by atoms with Gasteiger partial charge in [0.05, 0.1) is 23.9 Å². The van der Waals surface area contributed by atoms with Gasteiger partial charge in [0.15, 0.2) is 0 Å². The lowest BCUT2D eigenvalue weighted by Crippen LogP contribution is -2.16. The molecule has 0 aliphatic carbocycles. The van der Waals surface area contributed by atoms with Crippen molar-refractivity contribution in [2.45, 2.75) is 0 Å². The molecule has 3 aromatic heterocycles. The second-order valence-corrected chi connectivity index (χ2v) is 6.22. The van der Waals surface area contributed by atoms with E-state index in [2.05, 4.69) is 10.3 Å². The van der Waals surface area contributed by atoms with E-state index in [0.717, 1.165) is 5.56 Å². The highest BCUT2D eigenvalue weighted by Gasteiger charge is 2.25. The average molecular weight is 381 g/mol. The van der Waals surface area contributed by atoms with Crippen LogP contribution in [0.5, 0.6) is 0 Å². The topological polar surface area (TPSA) is 81.4 Å². The standard InChI is InChI=1S/C20H13ClN2O4/c1-26-20(25)13-10-12(21)2-3-14(13)23-19(24)18-16-5-4-15(27-16)17(18)11-6-8-22-9-7-11/h2-10H,1H3,(H,23,24). The number of hydrogen-bond acceptors (Lipinski definition) is 5. The van der Waals surface area contributed by atoms with Crippen LogP contribution in [0.25, 0.3) is 22.3 Å². The number of nitrogens with one attached hydrogen (secondary N) is 1. The average Bonchev–Trinajstić information content (AvgIpc) is 3.31. The number of furan rings is 2. The second kappa shape index (κ2) is 6.74. The van der Waals surface area contributed by atoms with Crippen molar-refractivity contribution in [1.29, 1.82) is 0 Å². The van der Waals surface area contributed by atoms with Crippen molar-refractivity contribution in [3.63, 3.8) is 0 Å². The van der Waals surface area contributed by atoms with Gasteiger partial charge in [-0.15, -0.1) is 0 Å². The van der Waals surface area contributed by atoms with E-state index in [0.29, 0.717) is 33.0 Å². The van der Waals surface area contributed by atoms with Crippen molar-refractivity contribution in [3.05, 3.63) is 71.0 Å². The number of halogens is 1. The minimum Gasteiger partial charge on any atom is -0.465 e. The Hall–Kier alpha value is -3.38. The highest BCUT2D eigenvalue weighted by molar-refractivity contribution is 6.31. The second-order valence-electron chi connectivity index (χ2n) is 5.79. The zero-order valence-corrected chi connectivity index (χ0v) is 14.9. The number of fused-ring (bicyclic) bond motifs is 2. The van der Waals surface area contributed by atoms with Crippen LogP contribution in [-0.4, -0.2) is 24.0 Å². The Kier molecular flexibility index (Phi) is 4.25. The number of anilines is 1. The number of carbonyl (C=O) groups excluding carboxylic acids is 2. The van der Waals surface area contributed by atoms with Crippen molar-refractivity contribution >= 4 is 40.3 Å². The van der Waals surface area contributed by atoms with E-state index in [9.17, 15) is 9.59 Å². The number of hydrogen-bond donors (Lipinski definition) is 1. The molecular formula is C20H13ClN2O4. The van der Waals surface area contributed by atoms with E-state index in [1.807, 2.05) is 6.07 Å². The molecule has 0 saturated carbocycles. The number of pyridine rings is 1. The van der Waals surface area contributed by atoms with E-state index in [4.69, 9.17) is 20.8 Å². The number of benzene rings is 2. The van der Waals surface area contributed by atoms with E-state index < -0.39 is 11.9 Å². The molecular weight excluding hydrogens is 368 g/mol. The molecule has 0 atom stereocenters. The molecule has 3 heterocycles. The molecule has 0 aliphatic heterocycles. The lowest BCUT2D eigenvalue weighted by molar-refractivity contribution is 0.0602. The molecule has 134 valence electrons. The maximum absolute atomic E-state index is 13.0. The van der Waals surface area contributed by atoms with E-state index in [-0.39, 0.29) is 5.56 Å². The van der Waals surface area contributed by atoms with Gasteiger partial charge in [-0.2, -0.15) is 0 Å². The van der Waals surface area contributed by atoms with Gasteiger partial charge in [-0.25, -0.2) is 4.79 Å². The molecule has 27 heavy (non-hydrogen) atoms. The first-order valence-corrected chi connectivity index (χ1v) is 8.40. The molecule has 0 radical (unpaired) electrons. The normalized spacial score (nSPS) is 10.9. The summed E-state index contributed by atoms with van der Waals surface area (Å²) in [6.45, 7) is 0. The Labute approximate surface area is 159 Å². The van der Waals surface area contributed by atoms with Crippen molar-refractivity contribution in [3.8, 4) is 11.1 Å². The van der Waals surface area contributed by atoms with Gasteiger partial charge in [0.25, 0.3) is 5.91 Å². The first-order valence-electron chi connectivity index (χ1n) is 8.03. The Bertz CT molecular complexity index is 1140. The summed E-state index contributed by atoms with van der Waals surface area (Å²) in [5, 5.41) is 3.12. The third-order valence-electron chi connectivity index (χ3n) is 4.18. The van der Waals surface area contributed by atoms with Gasteiger partial charge >= 0.3 is 5.97 Å². The molecule has 1 N–H and O–H groups in total. The summed E-state index contributed by atoms with van der Waals surface area (Å²) < 4.78 is 10.4. The van der Waals surface area contributed by atoms with E-state index in [1.54, 1.807) is 42.7 Å². The van der Waals surface area contributed by atoms with Gasteiger partial charge in [0.2, 0.25) is 0 Å². The van der Waals surface area contributed by atoms with Gasteiger partial charge in [0, 0.05) is 23.0 Å². The number of methoxy groups -OCH3 is 1. The largest absolute Gasteiger partial charge is 0.465 e. The monoisotopic (exact) mass is 380 g/mol. The number of rotatable bonds is 4. The number of esters is 1. The molecule has 0 spiro atoms. The Morgan fingerprint density at radius 1 is 1.07 bits per heavy atom. The van der Waals surface area contributed by atoms with Crippen molar-refractivity contribution in [1.82, 2.24) is 4.98 Å². The molecule has 0 fully saturated rings. The van der Waals surface area contributed by atoms with Crippen LogP contribution in [0.2, 0.25) is 5.02 Å². The summed E-state index contributed by atoms with van der Waals surface area (Å²) in [7, 11) is 1.26. The molecule has 2 bridgehead atoms. The fraction of sp³-hybridized carbons (Fsp3) is 0.0500. The van der Waals surface area contributed by atoms with Gasteiger partial charge < -0.3 is 14.5 Å². The Morgan fingerprint density at radius 2 is 1.81 bits per heavy atom. The molecule has 1 amide bonds.